The van der Waals surface area contributed by atoms with Gasteiger partial charge in [0.25, 0.3) is 5.91 Å². The summed E-state index contributed by atoms with van der Waals surface area (Å²) in [5.41, 5.74) is 0.318. The maximum absolute atomic E-state index is 11.7. The van der Waals surface area contributed by atoms with E-state index in [9.17, 15) is 9.59 Å². The van der Waals surface area contributed by atoms with Crippen LogP contribution in [-0.4, -0.2) is 48.8 Å². The highest BCUT2D eigenvalue weighted by Gasteiger charge is 2.11. The number of methoxy groups -OCH3 is 1. The highest BCUT2D eigenvalue weighted by molar-refractivity contribution is 5.96. The number of nitrogens with one attached hydrogen (secondary N) is 1. The molecule has 0 fully saturated rings. The SMILES string of the molecule is COc1ncccc1C(=O)NCCOCC(=O)O. The number of aliphatic carboxylic acids is 1. The Hall–Kier alpha value is -2.15. The summed E-state index contributed by atoms with van der Waals surface area (Å²) in [6.45, 7) is -0.0448. The molecule has 0 unspecified atom stereocenters. The summed E-state index contributed by atoms with van der Waals surface area (Å²) in [4.78, 5) is 25.8. The van der Waals surface area contributed by atoms with E-state index >= 15 is 0 Å². The molecule has 1 heterocycles. The van der Waals surface area contributed by atoms with Crippen LogP contribution in [0, 0.1) is 0 Å². The lowest BCUT2D eigenvalue weighted by Crippen LogP contribution is -2.28. The highest BCUT2D eigenvalue weighted by atomic mass is 16.5. The van der Waals surface area contributed by atoms with Gasteiger partial charge in [0.15, 0.2) is 0 Å². The van der Waals surface area contributed by atoms with Gasteiger partial charge in [0, 0.05) is 12.7 Å². The molecule has 98 valence electrons. The number of amides is 1. The normalized spacial score (nSPS) is 9.83. The monoisotopic (exact) mass is 254 g/mol. The summed E-state index contributed by atoms with van der Waals surface area (Å²) in [6, 6.07) is 3.21. The third kappa shape index (κ3) is 4.38. The van der Waals surface area contributed by atoms with Crippen molar-refractivity contribution in [1.82, 2.24) is 10.3 Å². The molecule has 1 aromatic rings. The lowest BCUT2D eigenvalue weighted by Gasteiger charge is -2.07. The molecule has 0 saturated heterocycles. The first-order valence-corrected chi connectivity index (χ1v) is 5.22. The fourth-order valence-corrected chi connectivity index (χ4v) is 1.22. The topological polar surface area (TPSA) is 97.8 Å². The van der Waals surface area contributed by atoms with Gasteiger partial charge in [-0.15, -0.1) is 0 Å². The van der Waals surface area contributed by atoms with Gasteiger partial charge in [-0.25, -0.2) is 9.78 Å². The van der Waals surface area contributed by atoms with Gasteiger partial charge in [-0.1, -0.05) is 0 Å². The number of hydrogen-bond donors (Lipinski definition) is 2. The summed E-state index contributed by atoms with van der Waals surface area (Å²) in [6.07, 6.45) is 1.52. The van der Waals surface area contributed by atoms with E-state index in [-0.39, 0.29) is 31.5 Å². The van der Waals surface area contributed by atoms with Crippen LogP contribution in [0.1, 0.15) is 10.4 Å². The van der Waals surface area contributed by atoms with Crippen molar-refractivity contribution in [2.24, 2.45) is 0 Å². The second kappa shape index (κ2) is 7.23. The number of carbonyl (C=O) groups is 2. The first-order valence-electron chi connectivity index (χ1n) is 5.22. The summed E-state index contributed by atoms with van der Waals surface area (Å²) >= 11 is 0. The minimum absolute atomic E-state index is 0.126. The van der Waals surface area contributed by atoms with Gasteiger partial charge in [-0.05, 0) is 12.1 Å². The molecule has 1 aromatic heterocycles. The number of carboxylic acid groups (broad SMARTS) is 1. The number of carbonyl (C=O) groups excluding carboxylic acids is 1. The Balaban J connectivity index is 2.38. The van der Waals surface area contributed by atoms with Gasteiger partial charge in [0.2, 0.25) is 5.88 Å². The molecule has 7 heteroatoms. The predicted molar refractivity (Wildman–Crippen MR) is 61.6 cm³/mol. The molecule has 1 rings (SSSR count). The zero-order valence-corrected chi connectivity index (χ0v) is 9.88. The van der Waals surface area contributed by atoms with Crippen molar-refractivity contribution >= 4 is 11.9 Å². The number of ether oxygens (including phenoxy) is 2. The molecule has 0 aliphatic heterocycles. The molecule has 0 spiro atoms. The fraction of sp³-hybridized carbons (Fsp3) is 0.364. The third-order valence-electron chi connectivity index (χ3n) is 1.97. The zero-order chi connectivity index (χ0) is 13.4. The van der Waals surface area contributed by atoms with E-state index in [0.29, 0.717) is 5.56 Å². The largest absolute Gasteiger partial charge is 0.480 e. The van der Waals surface area contributed by atoms with Crippen molar-refractivity contribution in [3.8, 4) is 5.88 Å². The van der Waals surface area contributed by atoms with Crippen LogP contribution in [0.2, 0.25) is 0 Å². The van der Waals surface area contributed by atoms with Gasteiger partial charge in [0.1, 0.15) is 12.2 Å². The molecule has 2 N–H and O–H groups in total. The second-order valence-corrected chi connectivity index (χ2v) is 3.26. The molecule has 0 atom stereocenters. The number of aromatic nitrogens is 1. The predicted octanol–water partition coefficient (Wildman–Crippen LogP) is -0.0788. The molecule has 0 bridgehead atoms. The maximum atomic E-state index is 11.7. The first-order chi connectivity index (χ1) is 8.65. The molecule has 0 aromatic carbocycles. The fourth-order valence-electron chi connectivity index (χ4n) is 1.22. The molecule has 18 heavy (non-hydrogen) atoms. The van der Waals surface area contributed by atoms with Crippen LogP contribution in [0.25, 0.3) is 0 Å². The van der Waals surface area contributed by atoms with Crippen LogP contribution in [-0.2, 0) is 9.53 Å². The summed E-state index contributed by atoms with van der Waals surface area (Å²) < 4.78 is 9.72. The van der Waals surface area contributed by atoms with E-state index in [1.165, 1.54) is 13.3 Å². The number of pyridine rings is 1. The van der Waals surface area contributed by atoms with E-state index in [1.54, 1.807) is 12.1 Å². The Labute approximate surface area is 104 Å². The molecular formula is C11H14N2O5. The van der Waals surface area contributed by atoms with Crippen LogP contribution in [0.5, 0.6) is 5.88 Å². The number of hydrogen-bond acceptors (Lipinski definition) is 5. The van der Waals surface area contributed by atoms with E-state index in [2.05, 4.69) is 10.3 Å². The third-order valence-corrected chi connectivity index (χ3v) is 1.97. The van der Waals surface area contributed by atoms with Crippen LogP contribution in [0.4, 0.5) is 0 Å². The van der Waals surface area contributed by atoms with Crippen molar-refractivity contribution < 1.29 is 24.2 Å². The Morgan fingerprint density at radius 2 is 2.28 bits per heavy atom. The van der Waals surface area contributed by atoms with Gasteiger partial charge in [-0.2, -0.15) is 0 Å². The van der Waals surface area contributed by atoms with E-state index in [1.807, 2.05) is 0 Å². The molecule has 0 aliphatic rings. The van der Waals surface area contributed by atoms with Crippen molar-refractivity contribution in [3.05, 3.63) is 23.9 Å². The standard InChI is InChI=1S/C11H14N2O5/c1-17-11-8(3-2-4-13-11)10(16)12-5-6-18-7-9(14)15/h2-4H,5-7H2,1H3,(H,12,16)(H,14,15). The smallest absolute Gasteiger partial charge is 0.329 e. The molecular weight excluding hydrogens is 240 g/mol. The van der Waals surface area contributed by atoms with E-state index in [0.717, 1.165) is 0 Å². The number of carboxylic acids is 1. The summed E-state index contributed by atoms with van der Waals surface area (Å²) in [5.74, 6) is -1.16. The molecule has 0 radical (unpaired) electrons. The average molecular weight is 254 g/mol. The Morgan fingerprint density at radius 3 is 2.94 bits per heavy atom. The quantitative estimate of drug-likeness (QED) is 0.660. The van der Waals surface area contributed by atoms with Crippen molar-refractivity contribution in [2.75, 3.05) is 26.9 Å². The molecule has 1 amide bonds. The Bertz CT molecular complexity index is 422. The van der Waals surface area contributed by atoms with Crippen LogP contribution in [0.3, 0.4) is 0 Å². The van der Waals surface area contributed by atoms with Gasteiger partial charge in [-0.3, -0.25) is 4.79 Å². The number of rotatable bonds is 7. The molecule has 0 saturated carbocycles. The number of nitrogens with zero attached hydrogens (tertiary/aromatic N) is 1. The lowest BCUT2D eigenvalue weighted by molar-refractivity contribution is -0.142. The minimum atomic E-state index is -1.05. The molecule has 7 nitrogen and oxygen atoms in total. The zero-order valence-electron chi connectivity index (χ0n) is 9.88. The Kier molecular flexibility index (Phi) is 5.59. The van der Waals surface area contributed by atoms with Gasteiger partial charge < -0.3 is 19.9 Å². The molecule has 0 aliphatic carbocycles. The Morgan fingerprint density at radius 1 is 1.50 bits per heavy atom. The average Bonchev–Trinajstić information content (AvgIpc) is 2.37. The van der Waals surface area contributed by atoms with Gasteiger partial charge >= 0.3 is 5.97 Å². The first kappa shape index (κ1) is 13.9. The lowest BCUT2D eigenvalue weighted by atomic mass is 10.2. The van der Waals surface area contributed by atoms with Crippen LogP contribution < -0.4 is 10.1 Å². The summed E-state index contributed by atoms with van der Waals surface area (Å²) in [5, 5.41) is 10.9. The highest BCUT2D eigenvalue weighted by Crippen LogP contribution is 2.12. The van der Waals surface area contributed by atoms with E-state index in [4.69, 9.17) is 14.6 Å². The maximum Gasteiger partial charge on any atom is 0.329 e. The van der Waals surface area contributed by atoms with Crippen molar-refractivity contribution in [2.45, 2.75) is 0 Å². The van der Waals surface area contributed by atoms with Crippen molar-refractivity contribution in [1.29, 1.82) is 0 Å². The van der Waals surface area contributed by atoms with Crippen LogP contribution >= 0.6 is 0 Å². The second-order valence-electron chi connectivity index (χ2n) is 3.26. The summed E-state index contributed by atoms with van der Waals surface area (Å²) in [7, 11) is 1.43. The minimum Gasteiger partial charge on any atom is -0.480 e. The van der Waals surface area contributed by atoms with E-state index < -0.39 is 5.97 Å². The van der Waals surface area contributed by atoms with Crippen molar-refractivity contribution in [3.63, 3.8) is 0 Å². The van der Waals surface area contributed by atoms with Gasteiger partial charge in [0.05, 0.1) is 13.7 Å². The van der Waals surface area contributed by atoms with Crippen LogP contribution in [0.15, 0.2) is 18.3 Å².